The third kappa shape index (κ3) is 4.44. The lowest BCUT2D eigenvalue weighted by Gasteiger charge is -2.27. The first-order valence-electron chi connectivity index (χ1n) is 11.9. The van der Waals surface area contributed by atoms with Gasteiger partial charge in [-0.2, -0.15) is 0 Å². The van der Waals surface area contributed by atoms with Gasteiger partial charge in [0, 0.05) is 24.5 Å². The lowest BCUT2D eigenvalue weighted by Crippen LogP contribution is -2.29. The van der Waals surface area contributed by atoms with Crippen LogP contribution in [-0.2, 0) is 9.59 Å². The van der Waals surface area contributed by atoms with Crippen molar-refractivity contribution in [3.05, 3.63) is 94.8 Å². The Hall–Kier alpha value is -4.13. The molecule has 186 valence electrons. The Kier molecular flexibility index (Phi) is 7.10. The summed E-state index contributed by atoms with van der Waals surface area (Å²) in [6.07, 6.45) is 0. The normalized spacial score (nSPS) is 16.9. The number of hydrogen-bond donors (Lipinski definition) is 1. The zero-order chi connectivity index (χ0) is 26.0. The van der Waals surface area contributed by atoms with E-state index in [1.807, 2.05) is 43.3 Å². The van der Waals surface area contributed by atoms with E-state index in [4.69, 9.17) is 4.74 Å². The Morgan fingerprint density at radius 3 is 2.33 bits per heavy atom. The number of aryl methyl sites for hydroxylation is 1. The minimum Gasteiger partial charge on any atom is -0.507 e. The van der Waals surface area contributed by atoms with E-state index in [0.717, 1.165) is 30.4 Å². The van der Waals surface area contributed by atoms with E-state index < -0.39 is 29.3 Å². The van der Waals surface area contributed by atoms with Gasteiger partial charge in [-0.1, -0.05) is 24.3 Å². The van der Waals surface area contributed by atoms with Crippen molar-refractivity contribution in [2.24, 2.45) is 0 Å². The number of methoxy groups -OCH3 is 1. The summed E-state index contributed by atoms with van der Waals surface area (Å²) in [5.41, 5.74) is 2.97. The molecule has 1 heterocycles. The van der Waals surface area contributed by atoms with Gasteiger partial charge in [-0.3, -0.25) is 14.5 Å². The van der Waals surface area contributed by atoms with Crippen molar-refractivity contribution < 1.29 is 23.8 Å². The summed E-state index contributed by atoms with van der Waals surface area (Å²) in [7, 11) is 1.39. The molecular weight excluding hydrogens is 459 g/mol. The maximum Gasteiger partial charge on any atom is 0.300 e. The highest BCUT2D eigenvalue weighted by Gasteiger charge is 2.47. The maximum atomic E-state index is 14.1. The summed E-state index contributed by atoms with van der Waals surface area (Å²) >= 11 is 0. The van der Waals surface area contributed by atoms with Crippen LogP contribution >= 0.6 is 0 Å². The first-order chi connectivity index (χ1) is 17.3. The molecule has 0 radical (unpaired) electrons. The molecular formula is C29H29FN2O4. The number of halogens is 1. The van der Waals surface area contributed by atoms with Gasteiger partial charge in [0.25, 0.3) is 11.7 Å². The van der Waals surface area contributed by atoms with Crippen LogP contribution in [0.3, 0.4) is 0 Å². The van der Waals surface area contributed by atoms with Crippen LogP contribution < -0.4 is 14.5 Å². The zero-order valence-electron chi connectivity index (χ0n) is 20.8. The topological polar surface area (TPSA) is 70.1 Å². The van der Waals surface area contributed by atoms with Crippen LogP contribution in [0.25, 0.3) is 5.76 Å². The van der Waals surface area contributed by atoms with Crippen molar-refractivity contribution in [2.75, 3.05) is 30.0 Å². The second-order valence-electron chi connectivity index (χ2n) is 8.62. The number of anilines is 2. The predicted octanol–water partition coefficient (Wildman–Crippen LogP) is 5.62. The number of carbonyl (C=O) groups is 2. The summed E-state index contributed by atoms with van der Waals surface area (Å²) in [5, 5.41) is 11.3. The Labute approximate surface area is 210 Å². The van der Waals surface area contributed by atoms with E-state index in [9.17, 15) is 19.1 Å². The fourth-order valence-electron chi connectivity index (χ4n) is 4.66. The Morgan fingerprint density at radius 1 is 1.03 bits per heavy atom. The summed E-state index contributed by atoms with van der Waals surface area (Å²) < 4.78 is 19.4. The number of Topliss-reactive ketones (excluding diaryl/α,β-unsaturated/α-hetero) is 1. The molecule has 1 amide bonds. The van der Waals surface area contributed by atoms with E-state index in [1.54, 1.807) is 12.1 Å². The largest absolute Gasteiger partial charge is 0.507 e. The van der Waals surface area contributed by atoms with Gasteiger partial charge in [-0.15, -0.1) is 0 Å². The molecule has 0 spiro atoms. The molecule has 1 unspecified atom stereocenters. The van der Waals surface area contributed by atoms with Crippen molar-refractivity contribution in [1.82, 2.24) is 0 Å². The molecule has 36 heavy (non-hydrogen) atoms. The highest BCUT2D eigenvalue weighted by atomic mass is 19.1. The standard InChI is InChI=1S/C29H29FN2O4/c1-5-31(6-2)21-13-10-19(11-14-21)26-25(27(33)23-17-20(30)12-15-24(23)36-4)28(34)29(35)32(26)22-9-7-8-18(3)16-22/h7-17,26,33H,5-6H2,1-4H3/b27-25+. The molecule has 1 N–H and O–H groups in total. The molecule has 1 aliphatic rings. The monoisotopic (exact) mass is 488 g/mol. The van der Waals surface area contributed by atoms with Crippen LogP contribution in [0.5, 0.6) is 5.75 Å². The molecule has 4 rings (SSSR count). The van der Waals surface area contributed by atoms with E-state index in [2.05, 4.69) is 18.7 Å². The summed E-state index contributed by atoms with van der Waals surface area (Å²) in [4.78, 5) is 30.3. The molecule has 1 atom stereocenters. The van der Waals surface area contributed by atoms with Crippen molar-refractivity contribution in [3.8, 4) is 5.75 Å². The van der Waals surface area contributed by atoms with Gasteiger partial charge in [-0.05, 0) is 74.4 Å². The molecule has 0 aliphatic carbocycles. The van der Waals surface area contributed by atoms with E-state index in [1.165, 1.54) is 24.1 Å². The number of amides is 1. The Morgan fingerprint density at radius 2 is 1.72 bits per heavy atom. The average Bonchev–Trinajstić information content (AvgIpc) is 3.15. The summed E-state index contributed by atoms with van der Waals surface area (Å²) in [5.74, 6) is -2.53. The number of carbonyl (C=O) groups excluding carboxylic acids is 2. The quantitative estimate of drug-likeness (QED) is 0.266. The summed E-state index contributed by atoms with van der Waals surface area (Å²) in [6.45, 7) is 7.69. The number of ketones is 1. The molecule has 3 aromatic rings. The van der Waals surface area contributed by atoms with Gasteiger partial charge < -0.3 is 14.7 Å². The molecule has 1 fully saturated rings. The highest BCUT2D eigenvalue weighted by molar-refractivity contribution is 6.51. The molecule has 3 aromatic carbocycles. The number of nitrogens with zero attached hydrogens (tertiary/aromatic N) is 2. The van der Waals surface area contributed by atoms with E-state index in [-0.39, 0.29) is 16.9 Å². The molecule has 0 saturated carbocycles. The predicted molar refractivity (Wildman–Crippen MR) is 139 cm³/mol. The third-order valence-electron chi connectivity index (χ3n) is 6.48. The van der Waals surface area contributed by atoms with Crippen LogP contribution in [0.1, 0.15) is 36.6 Å². The van der Waals surface area contributed by atoms with Crippen molar-refractivity contribution in [3.63, 3.8) is 0 Å². The van der Waals surface area contributed by atoms with Gasteiger partial charge in [0.05, 0.1) is 24.3 Å². The Balaban J connectivity index is 1.95. The van der Waals surface area contributed by atoms with Crippen molar-refractivity contribution >= 4 is 28.8 Å². The van der Waals surface area contributed by atoms with Gasteiger partial charge in [0.1, 0.15) is 17.3 Å². The number of hydrogen-bond acceptors (Lipinski definition) is 5. The van der Waals surface area contributed by atoms with Crippen LogP contribution in [0, 0.1) is 12.7 Å². The second kappa shape index (κ2) is 10.2. The maximum absolute atomic E-state index is 14.1. The average molecular weight is 489 g/mol. The molecule has 0 aromatic heterocycles. The number of aliphatic hydroxyl groups excluding tert-OH is 1. The van der Waals surface area contributed by atoms with Crippen LogP contribution in [-0.4, -0.2) is 37.0 Å². The van der Waals surface area contributed by atoms with Gasteiger partial charge in [0.2, 0.25) is 0 Å². The lowest BCUT2D eigenvalue weighted by atomic mass is 9.94. The van der Waals surface area contributed by atoms with Gasteiger partial charge in [0.15, 0.2) is 0 Å². The van der Waals surface area contributed by atoms with Crippen molar-refractivity contribution in [2.45, 2.75) is 26.8 Å². The van der Waals surface area contributed by atoms with Crippen LogP contribution in [0.15, 0.2) is 72.3 Å². The molecule has 7 heteroatoms. The first-order valence-corrected chi connectivity index (χ1v) is 11.9. The zero-order valence-corrected chi connectivity index (χ0v) is 20.8. The van der Waals surface area contributed by atoms with Crippen LogP contribution in [0.4, 0.5) is 15.8 Å². The third-order valence-corrected chi connectivity index (χ3v) is 6.48. The van der Waals surface area contributed by atoms with Crippen LogP contribution in [0.2, 0.25) is 0 Å². The molecule has 0 bridgehead atoms. The highest BCUT2D eigenvalue weighted by Crippen LogP contribution is 2.43. The molecule has 1 aliphatic heterocycles. The fraction of sp³-hybridized carbons (Fsp3) is 0.241. The SMILES string of the molecule is CCN(CC)c1ccc(C2/C(=C(\O)c3cc(F)ccc3OC)C(=O)C(=O)N2c2cccc(C)c2)cc1. The van der Waals surface area contributed by atoms with Gasteiger partial charge >= 0.3 is 0 Å². The Bertz CT molecular complexity index is 1330. The number of rotatable bonds is 7. The minimum atomic E-state index is -0.912. The molecule has 1 saturated heterocycles. The number of benzene rings is 3. The number of aliphatic hydroxyl groups is 1. The number of ether oxygens (including phenoxy) is 1. The van der Waals surface area contributed by atoms with Gasteiger partial charge in [-0.25, -0.2) is 4.39 Å². The first kappa shape index (κ1) is 25.0. The van der Waals surface area contributed by atoms with E-state index in [0.29, 0.717) is 11.3 Å². The second-order valence-corrected chi connectivity index (χ2v) is 8.62. The minimum absolute atomic E-state index is 0.00417. The van der Waals surface area contributed by atoms with E-state index >= 15 is 0 Å². The summed E-state index contributed by atoms with van der Waals surface area (Å²) in [6, 6.07) is 17.6. The fourth-order valence-corrected chi connectivity index (χ4v) is 4.66. The lowest BCUT2D eigenvalue weighted by molar-refractivity contribution is -0.132. The smallest absolute Gasteiger partial charge is 0.300 e. The van der Waals surface area contributed by atoms with Crippen molar-refractivity contribution in [1.29, 1.82) is 0 Å². The molecule has 6 nitrogen and oxygen atoms in total.